The van der Waals surface area contributed by atoms with E-state index in [2.05, 4.69) is 32.5 Å². The maximum atomic E-state index is 12.0. The first-order valence-corrected chi connectivity index (χ1v) is 7.43. The van der Waals surface area contributed by atoms with Crippen molar-refractivity contribution in [1.82, 2.24) is 20.0 Å². The first kappa shape index (κ1) is 15.4. The second kappa shape index (κ2) is 7.14. The van der Waals surface area contributed by atoms with E-state index in [1.54, 1.807) is 17.5 Å². The molecule has 0 aliphatic rings. The second-order valence-corrected chi connectivity index (χ2v) is 5.92. The molecule has 2 rings (SSSR count). The van der Waals surface area contributed by atoms with Crippen molar-refractivity contribution >= 4 is 22.5 Å². The summed E-state index contributed by atoms with van der Waals surface area (Å²) in [5.74, 6) is 0. The molecule has 0 atom stereocenters. The van der Waals surface area contributed by atoms with Gasteiger partial charge >= 0.3 is 6.03 Å². The fourth-order valence-electron chi connectivity index (χ4n) is 1.95. The summed E-state index contributed by atoms with van der Waals surface area (Å²) in [6.07, 6.45) is 0. The Kier molecular flexibility index (Phi) is 5.24. The highest BCUT2D eigenvalue weighted by Gasteiger charge is 2.11. The largest absolute Gasteiger partial charge is 0.323 e. The molecule has 0 bridgehead atoms. The molecule has 1 aromatic carbocycles. The molecule has 6 nitrogen and oxygen atoms in total. The smallest absolute Gasteiger partial charge is 0.323 e. The highest BCUT2D eigenvalue weighted by Crippen LogP contribution is 2.12. The number of aromatic nitrogens is 2. The zero-order chi connectivity index (χ0) is 15.2. The standard InChI is InChI=1S/C14H19N5OS/c1-18(2)8-11-5-4-6-12(7-11)9-19(3)14(20)16-13-17-15-10-21-13/h4-7,10H,8-9H2,1-3H3,(H,16,17,20). The predicted octanol–water partition coefficient (Wildman–Crippen LogP) is 2.26. The van der Waals surface area contributed by atoms with Crippen molar-refractivity contribution in [2.75, 3.05) is 26.5 Å². The van der Waals surface area contributed by atoms with Crippen molar-refractivity contribution < 1.29 is 4.79 Å². The van der Waals surface area contributed by atoms with Gasteiger partial charge in [0.1, 0.15) is 5.51 Å². The summed E-state index contributed by atoms with van der Waals surface area (Å²) in [5, 5.41) is 10.7. The summed E-state index contributed by atoms with van der Waals surface area (Å²) in [7, 11) is 5.83. The number of hydrogen-bond acceptors (Lipinski definition) is 5. The minimum Gasteiger partial charge on any atom is -0.323 e. The lowest BCUT2D eigenvalue weighted by Gasteiger charge is -2.18. The number of anilines is 1. The summed E-state index contributed by atoms with van der Waals surface area (Å²) in [6, 6.07) is 8.06. The van der Waals surface area contributed by atoms with Crippen molar-refractivity contribution in [3.8, 4) is 0 Å². The van der Waals surface area contributed by atoms with Crippen LogP contribution in [0.4, 0.5) is 9.93 Å². The Labute approximate surface area is 128 Å². The lowest BCUT2D eigenvalue weighted by molar-refractivity contribution is 0.220. The fraction of sp³-hybridized carbons (Fsp3) is 0.357. The van der Waals surface area contributed by atoms with Crippen LogP contribution in [-0.2, 0) is 13.1 Å². The van der Waals surface area contributed by atoms with Gasteiger partial charge in [-0.3, -0.25) is 5.32 Å². The molecule has 21 heavy (non-hydrogen) atoms. The summed E-state index contributed by atoms with van der Waals surface area (Å²) >= 11 is 1.30. The first-order chi connectivity index (χ1) is 10.0. The van der Waals surface area contributed by atoms with Crippen molar-refractivity contribution in [2.45, 2.75) is 13.1 Å². The lowest BCUT2D eigenvalue weighted by Crippen LogP contribution is -2.30. The van der Waals surface area contributed by atoms with Gasteiger partial charge in [-0.05, 0) is 25.2 Å². The molecule has 2 aromatic rings. The highest BCUT2D eigenvalue weighted by atomic mass is 32.1. The van der Waals surface area contributed by atoms with Crippen LogP contribution in [0.5, 0.6) is 0 Å². The molecule has 112 valence electrons. The third-order valence-corrected chi connectivity index (χ3v) is 3.44. The Morgan fingerprint density at radius 2 is 1.95 bits per heavy atom. The predicted molar refractivity (Wildman–Crippen MR) is 84.2 cm³/mol. The van der Waals surface area contributed by atoms with Crippen LogP contribution < -0.4 is 5.32 Å². The molecule has 1 heterocycles. The average Bonchev–Trinajstić information content (AvgIpc) is 2.91. The summed E-state index contributed by atoms with van der Waals surface area (Å²) in [4.78, 5) is 15.8. The monoisotopic (exact) mass is 305 g/mol. The summed E-state index contributed by atoms with van der Waals surface area (Å²) < 4.78 is 0. The molecule has 0 fully saturated rings. The number of nitrogens with one attached hydrogen (secondary N) is 1. The lowest BCUT2D eigenvalue weighted by atomic mass is 10.1. The van der Waals surface area contributed by atoms with Gasteiger partial charge in [-0.1, -0.05) is 35.6 Å². The molecule has 0 saturated heterocycles. The van der Waals surface area contributed by atoms with Crippen LogP contribution in [0.3, 0.4) is 0 Å². The molecular formula is C14H19N5OS. The number of carbonyl (C=O) groups is 1. The van der Waals surface area contributed by atoms with E-state index in [9.17, 15) is 4.79 Å². The van der Waals surface area contributed by atoms with Crippen molar-refractivity contribution in [3.63, 3.8) is 0 Å². The number of nitrogens with zero attached hydrogens (tertiary/aromatic N) is 4. The minimum absolute atomic E-state index is 0.190. The normalized spacial score (nSPS) is 10.7. The molecule has 1 aromatic heterocycles. The topological polar surface area (TPSA) is 61.4 Å². The second-order valence-electron chi connectivity index (χ2n) is 5.09. The number of benzene rings is 1. The van der Waals surface area contributed by atoms with Gasteiger partial charge in [0, 0.05) is 20.1 Å². The molecule has 0 radical (unpaired) electrons. The molecule has 0 unspecified atom stereocenters. The van der Waals surface area contributed by atoms with E-state index in [0.29, 0.717) is 11.7 Å². The Hall–Kier alpha value is -1.99. The van der Waals surface area contributed by atoms with E-state index < -0.39 is 0 Å². The van der Waals surface area contributed by atoms with Gasteiger partial charge in [0.25, 0.3) is 0 Å². The summed E-state index contributed by atoms with van der Waals surface area (Å²) in [5.41, 5.74) is 3.92. The highest BCUT2D eigenvalue weighted by molar-refractivity contribution is 7.13. The van der Waals surface area contributed by atoms with Gasteiger partial charge in [-0.2, -0.15) is 0 Å². The minimum atomic E-state index is -0.190. The number of carbonyl (C=O) groups excluding carboxylic acids is 1. The molecule has 0 saturated carbocycles. The molecule has 7 heteroatoms. The van der Waals surface area contributed by atoms with Gasteiger partial charge in [0.05, 0.1) is 0 Å². The van der Waals surface area contributed by atoms with E-state index in [1.165, 1.54) is 16.9 Å². The molecule has 1 N–H and O–H groups in total. The van der Waals surface area contributed by atoms with Crippen LogP contribution in [-0.4, -0.2) is 47.2 Å². The quantitative estimate of drug-likeness (QED) is 0.920. The zero-order valence-corrected chi connectivity index (χ0v) is 13.2. The Morgan fingerprint density at radius 1 is 1.24 bits per heavy atom. The van der Waals surface area contributed by atoms with Crippen LogP contribution in [0.1, 0.15) is 11.1 Å². The van der Waals surface area contributed by atoms with Crippen molar-refractivity contribution in [2.24, 2.45) is 0 Å². The Morgan fingerprint density at radius 3 is 2.57 bits per heavy atom. The van der Waals surface area contributed by atoms with Gasteiger partial charge in [-0.15, -0.1) is 10.2 Å². The maximum absolute atomic E-state index is 12.0. The van der Waals surface area contributed by atoms with Crippen LogP contribution in [0, 0.1) is 0 Å². The number of rotatable bonds is 5. The van der Waals surface area contributed by atoms with Gasteiger partial charge in [0.15, 0.2) is 0 Å². The molecular weight excluding hydrogens is 286 g/mol. The van der Waals surface area contributed by atoms with Crippen molar-refractivity contribution in [1.29, 1.82) is 0 Å². The molecule has 0 aliphatic heterocycles. The number of amides is 2. The SMILES string of the molecule is CN(C)Cc1cccc(CN(C)C(=O)Nc2nncs2)c1. The zero-order valence-electron chi connectivity index (χ0n) is 12.4. The average molecular weight is 305 g/mol. The van der Waals surface area contributed by atoms with Crippen LogP contribution in [0.25, 0.3) is 0 Å². The third-order valence-electron chi connectivity index (χ3n) is 2.83. The Balaban J connectivity index is 1.95. The maximum Gasteiger partial charge on any atom is 0.323 e. The van der Waals surface area contributed by atoms with Crippen LogP contribution in [0.15, 0.2) is 29.8 Å². The van der Waals surface area contributed by atoms with E-state index in [0.717, 1.165) is 12.1 Å². The number of urea groups is 1. The van der Waals surface area contributed by atoms with Gasteiger partial charge in [0.2, 0.25) is 5.13 Å². The van der Waals surface area contributed by atoms with Crippen LogP contribution in [0.2, 0.25) is 0 Å². The summed E-state index contributed by atoms with van der Waals surface area (Å²) in [6.45, 7) is 1.43. The van der Waals surface area contributed by atoms with E-state index in [-0.39, 0.29) is 6.03 Å². The van der Waals surface area contributed by atoms with Gasteiger partial charge in [-0.25, -0.2) is 4.79 Å². The van der Waals surface area contributed by atoms with Gasteiger partial charge < -0.3 is 9.80 Å². The van der Waals surface area contributed by atoms with Crippen LogP contribution >= 0.6 is 11.3 Å². The van der Waals surface area contributed by atoms with E-state index in [1.807, 2.05) is 26.2 Å². The van der Waals surface area contributed by atoms with Crippen molar-refractivity contribution in [3.05, 3.63) is 40.9 Å². The molecule has 0 spiro atoms. The number of hydrogen-bond donors (Lipinski definition) is 1. The molecule has 0 aliphatic carbocycles. The van der Waals surface area contributed by atoms with E-state index in [4.69, 9.17) is 0 Å². The first-order valence-electron chi connectivity index (χ1n) is 6.55. The third kappa shape index (κ3) is 4.80. The fourth-order valence-corrected chi connectivity index (χ4v) is 2.39. The van der Waals surface area contributed by atoms with E-state index >= 15 is 0 Å². The Bertz CT molecular complexity index is 585. The molecule has 2 amide bonds.